The number of aromatic nitrogens is 1. The van der Waals surface area contributed by atoms with Gasteiger partial charge in [-0.1, -0.05) is 66.7 Å². The molecule has 4 nitrogen and oxygen atoms in total. The normalized spacial score (nSPS) is 16.7. The lowest BCUT2D eigenvalue weighted by atomic mass is 9.88. The zero-order valence-corrected chi connectivity index (χ0v) is 17.5. The predicted octanol–water partition coefficient (Wildman–Crippen LogP) is 4.34. The van der Waals surface area contributed by atoms with Crippen LogP contribution in [0.5, 0.6) is 0 Å². The van der Waals surface area contributed by atoms with Crippen LogP contribution in [-0.4, -0.2) is 46.9 Å². The Hall–Kier alpha value is -2.98. The van der Waals surface area contributed by atoms with E-state index >= 15 is 0 Å². The van der Waals surface area contributed by atoms with E-state index in [4.69, 9.17) is 0 Å². The van der Waals surface area contributed by atoms with E-state index in [2.05, 4.69) is 40.2 Å². The van der Waals surface area contributed by atoms with Crippen LogP contribution >= 0.6 is 0 Å². The number of hydrogen-bond acceptors (Lipinski definition) is 3. The van der Waals surface area contributed by atoms with E-state index < -0.39 is 0 Å². The van der Waals surface area contributed by atoms with E-state index in [0.29, 0.717) is 6.42 Å². The highest BCUT2D eigenvalue weighted by atomic mass is 16.2. The fourth-order valence-corrected chi connectivity index (χ4v) is 4.31. The van der Waals surface area contributed by atoms with Crippen LogP contribution in [-0.2, 0) is 11.3 Å². The molecule has 1 amide bonds. The number of rotatable bonds is 7. The van der Waals surface area contributed by atoms with Gasteiger partial charge in [0.05, 0.1) is 5.69 Å². The molecule has 4 rings (SSSR count). The zero-order chi connectivity index (χ0) is 20.8. The zero-order valence-electron chi connectivity index (χ0n) is 17.5. The molecule has 0 radical (unpaired) electrons. The van der Waals surface area contributed by atoms with Crippen molar-refractivity contribution in [2.75, 3.05) is 20.1 Å². The SMILES string of the molecule is CN(C(=O)CC(c1ccccc1)c1ccccc1)C1CCN(Cc2ccccn2)C1. The van der Waals surface area contributed by atoms with Gasteiger partial charge in [-0.25, -0.2) is 0 Å². The molecular formula is C26H29N3O. The third kappa shape index (κ3) is 4.95. The molecule has 1 unspecified atom stereocenters. The van der Waals surface area contributed by atoms with Crippen molar-refractivity contribution < 1.29 is 4.79 Å². The van der Waals surface area contributed by atoms with Crippen LogP contribution in [0.25, 0.3) is 0 Å². The highest BCUT2D eigenvalue weighted by molar-refractivity contribution is 5.78. The van der Waals surface area contributed by atoms with E-state index in [1.807, 2.05) is 66.7 Å². The highest BCUT2D eigenvalue weighted by Crippen LogP contribution is 2.29. The van der Waals surface area contributed by atoms with E-state index in [1.54, 1.807) is 0 Å². The van der Waals surface area contributed by atoms with Crippen LogP contribution in [0.4, 0.5) is 0 Å². The molecule has 1 atom stereocenters. The summed E-state index contributed by atoms with van der Waals surface area (Å²) in [6.45, 7) is 2.75. The minimum absolute atomic E-state index is 0.0772. The first-order valence-corrected chi connectivity index (χ1v) is 10.7. The van der Waals surface area contributed by atoms with Crippen LogP contribution in [0.2, 0.25) is 0 Å². The van der Waals surface area contributed by atoms with Crippen molar-refractivity contribution in [3.05, 3.63) is 102 Å². The number of carbonyl (C=O) groups is 1. The Bertz CT molecular complexity index is 891. The Balaban J connectivity index is 1.41. The molecule has 0 N–H and O–H groups in total. The summed E-state index contributed by atoms with van der Waals surface area (Å²) in [6.07, 6.45) is 3.34. The summed E-state index contributed by atoms with van der Waals surface area (Å²) in [5.41, 5.74) is 3.46. The molecule has 1 fully saturated rings. The van der Waals surface area contributed by atoms with Gasteiger partial charge in [0.1, 0.15) is 0 Å². The van der Waals surface area contributed by atoms with Gasteiger partial charge in [0.15, 0.2) is 0 Å². The molecule has 0 aliphatic carbocycles. The number of hydrogen-bond donors (Lipinski definition) is 0. The summed E-state index contributed by atoms with van der Waals surface area (Å²) >= 11 is 0. The fraction of sp³-hybridized carbons (Fsp3) is 0.308. The summed E-state index contributed by atoms with van der Waals surface area (Å²) in [6, 6.07) is 27.0. The summed E-state index contributed by atoms with van der Waals surface area (Å²) in [5.74, 6) is 0.283. The third-order valence-electron chi connectivity index (χ3n) is 6.08. The first-order valence-electron chi connectivity index (χ1n) is 10.7. The molecule has 0 spiro atoms. The standard InChI is InChI=1S/C26H29N3O/c1-28(24-15-17-29(20-24)19-23-14-8-9-16-27-23)26(30)18-25(21-10-4-2-5-11-21)22-12-6-3-7-13-22/h2-14,16,24-25H,15,17-20H2,1H3. The topological polar surface area (TPSA) is 36.4 Å². The molecule has 0 bridgehead atoms. The number of nitrogens with zero attached hydrogens (tertiary/aromatic N) is 3. The summed E-state index contributed by atoms with van der Waals surface area (Å²) < 4.78 is 0. The molecular weight excluding hydrogens is 370 g/mol. The molecule has 0 saturated carbocycles. The lowest BCUT2D eigenvalue weighted by molar-refractivity contribution is -0.132. The van der Waals surface area contributed by atoms with Crippen LogP contribution < -0.4 is 0 Å². The Morgan fingerprint density at radius 1 is 1.00 bits per heavy atom. The number of likely N-dealkylation sites (tertiary alicyclic amines) is 1. The molecule has 1 saturated heterocycles. The quantitative estimate of drug-likeness (QED) is 0.593. The van der Waals surface area contributed by atoms with Crippen molar-refractivity contribution in [2.45, 2.75) is 31.3 Å². The van der Waals surface area contributed by atoms with Crippen molar-refractivity contribution in [1.82, 2.24) is 14.8 Å². The molecule has 154 valence electrons. The molecule has 1 aromatic heterocycles. The van der Waals surface area contributed by atoms with Gasteiger partial charge in [-0.05, 0) is 29.7 Å². The third-order valence-corrected chi connectivity index (χ3v) is 6.08. The van der Waals surface area contributed by atoms with Crippen LogP contribution in [0.3, 0.4) is 0 Å². The maximum Gasteiger partial charge on any atom is 0.223 e. The van der Waals surface area contributed by atoms with E-state index in [0.717, 1.165) is 31.7 Å². The van der Waals surface area contributed by atoms with Crippen LogP contribution in [0.15, 0.2) is 85.1 Å². The van der Waals surface area contributed by atoms with Crippen LogP contribution in [0.1, 0.15) is 35.6 Å². The highest BCUT2D eigenvalue weighted by Gasteiger charge is 2.30. The number of pyridine rings is 1. The van der Waals surface area contributed by atoms with Gasteiger partial charge >= 0.3 is 0 Å². The van der Waals surface area contributed by atoms with Gasteiger partial charge in [0, 0.05) is 51.3 Å². The van der Waals surface area contributed by atoms with Crippen molar-refractivity contribution in [3.63, 3.8) is 0 Å². The van der Waals surface area contributed by atoms with Gasteiger partial charge in [-0.3, -0.25) is 14.7 Å². The van der Waals surface area contributed by atoms with Crippen molar-refractivity contribution in [2.24, 2.45) is 0 Å². The smallest absolute Gasteiger partial charge is 0.223 e. The van der Waals surface area contributed by atoms with Gasteiger partial charge in [0.25, 0.3) is 0 Å². The fourth-order valence-electron chi connectivity index (χ4n) is 4.31. The Morgan fingerprint density at radius 2 is 1.63 bits per heavy atom. The lowest BCUT2D eigenvalue weighted by Crippen LogP contribution is -2.39. The Labute approximate surface area is 179 Å². The number of benzene rings is 2. The van der Waals surface area contributed by atoms with E-state index in [1.165, 1.54) is 11.1 Å². The molecule has 1 aliphatic rings. The second kappa shape index (κ2) is 9.68. The average molecular weight is 400 g/mol. The largest absolute Gasteiger partial charge is 0.341 e. The monoisotopic (exact) mass is 399 g/mol. The van der Waals surface area contributed by atoms with Crippen LogP contribution in [0, 0.1) is 0 Å². The molecule has 2 aromatic carbocycles. The van der Waals surface area contributed by atoms with E-state index in [-0.39, 0.29) is 17.9 Å². The molecule has 2 heterocycles. The van der Waals surface area contributed by atoms with Gasteiger partial charge in [-0.15, -0.1) is 0 Å². The van der Waals surface area contributed by atoms with Gasteiger partial charge in [0.2, 0.25) is 5.91 Å². The predicted molar refractivity (Wildman–Crippen MR) is 120 cm³/mol. The molecule has 30 heavy (non-hydrogen) atoms. The average Bonchev–Trinajstić information content (AvgIpc) is 3.27. The van der Waals surface area contributed by atoms with Gasteiger partial charge < -0.3 is 4.90 Å². The minimum atomic E-state index is 0.0772. The second-order valence-corrected chi connectivity index (χ2v) is 8.08. The lowest BCUT2D eigenvalue weighted by Gasteiger charge is -2.27. The van der Waals surface area contributed by atoms with Crippen molar-refractivity contribution in [1.29, 1.82) is 0 Å². The van der Waals surface area contributed by atoms with E-state index in [9.17, 15) is 4.79 Å². The van der Waals surface area contributed by atoms with Crippen molar-refractivity contribution in [3.8, 4) is 0 Å². The number of carbonyl (C=O) groups excluding carboxylic acids is 1. The molecule has 3 aromatic rings. The maximum atomic E-state index is 13.2. The second-order valence-electron chi connectivity index (χ2n) is 8.08. The Kier molecular flexibility index (Phi) is 6.55. The first kappa shape index (κ1) is 20.3. The summed E-state index contributed by atoms with van der Waals surface area (Å²) in [7, 11) is 1.96. The minimum Gasteiger partial charge on any atom is -0.341 e. The molecule has 1 aliphatic heterocycles. The van der Waals surface area contributed by atoms with Gasteiger partial charge in [-0.2, -0.15) is 0 Å². The summed E-state index contributed by atoms with van der Waals surface area (Å²) in [5, 5.41) is 0. The number of likely N-dealkylation sites (N-methyl/N-ethyl adjacent to an activating group) is 1. The number of amides is 1. The van der Waals surface area contributed by atoms with Crippen molar-refractivity contribution >= 4 is 5.91 Å². The summed E-state index contributed by atoms with van der Waals surface area (Å²) in [4.78, 5) is 22.0. The maximum absolute atomic E-state index is 13.2. The Morgan fingerprint density at radius 3 is 2.23 bits per heavy atom. The molecule has 4 heteroatoms. The first-order chi connectivity index (χ1) is 14.7.